The number of benzene rings is 9. The van der Waals surface area contributed by atoms with Crippen LogP contribution in [-0.2, 0) is 0 Å². The van der Waals surface area contributed by atoms with Crippen LogP contribution < -0.4 is 0 Å². The van der Waals surface area contributed by atoms with Gasteiger partial charge in [0.15, 0.2) is 17.5 Å². The number of nitrogens with zero attached hydrogens (tertiary/aromatic N) is 4. The van der Waals surface area contributed by atoms with Crippen LogP contribution in [0.2, 0.25) is 0 Å². The van der Waals surface area contributed by atoms with Crippen molar-refractivity contribution >= 4 is 64.1 Å². The molecule has 9 aromatic carbocycles. The van der Waals surface area contributed by atoms with E-state index in [2.05, 4.69) is 174 Å². The lowest BCUT2D eigenvalue weighted by molar-refractivity contribution is 1.07. The molecule has 1 aliphatic carbocycles. The number of rotatable bonds is 5. The molecular formula is C55H32N4S. The van der Waals surface area contributed by atoms with Gasteiger partial charge in [-0.05, 0) is 80.6 Å². The van der Waals surface area contributed by atoms with E-state index in [1.54, 1.807) is 0 Å². The number of hydrogen-bond donors (Lipinski definition) is 0. The van der Waals surface area contributed by atoms with Gasteiger partial charge in [-0.15, -0.1) is 11.3 Å². The fraction of sp³-hybridized carbons (Fsp3) is 0. The van der Waals surface area contributed by atoms with E-state index in [1.807, 2.05) is 35.6 Å². The summed E-state index contributed by atoms with van der Waals surface area (Å²) >= 11 is 1.83. The smallest absolute Gasteiger partial charge is 0.166 e. The molecule has 278 valence electrons. The van der Waals surface area contributed by atoms with Gasteiger partial charge in [0.25, 0.3) is 0 Å². The fourth-order valence-electron chi connectivity index (χ4n) is 9.52. The van der Waals surface area contributed by atoms with Crippen molar-refractivity contribution in [1.82, 2.24) is 19.5 Å². The maximum Gasteiger partial charge on any atom is 0.166 e. The second-order valence-electron chi connectivity index (χ2n) is 15.5. The molecule has 3 heterocycles. The van der Waals surface area contributed by atoms with Gasteiger partial charge < -0.3 is 4.57 Å². The third-order valence-electron chi connectivity index (χ3n) is 12.2. The zero-order valence-electron chi connectivity index (χ0n) is 32.2. The van der Waals surface area contributed by atoms with Gasteiger partial charge in [0, 0.05) is 47.6 Å². The van der Waals surface area contributed by atoms with E-state index in [9.17, 15) is 0 Å². The minimum atomic E-state index is 0.626. The Morgan fingerprint density at radius 1 is 0.333 bits per heavy atom. The van der Waals surface area contributed by atoms with Gasteiger partial charge >= 0.3 is 0 Å². The summed E-state index contributed by atoms with van der Waals surface area (Å²) in [7, 11) is 0. The quantitative estimate of drug-likeness (QED) is 0.175. The monoisotopic (exact) mass is 780 g/mol. The molecule has 0 radical (unpaired) electrons. The number of thiophene rings is 1. The van der Waals surface area contributed by atoms with Gasteiger partial charge in [0.05, 0.1) is 16.7 Å². The van der Waals surface area contributed by atoms with Crippen LogP contribution in [0, 0.1) is 0 Å². The molecule has 0 saturated heterocycles. The fourth-order valence-corrected chi connectivity index (χ4v) is 10.6. The van der Waals surface area contributed by atoms with Crippen molar-refractivity contribution in [2.45, 2.75) is 0 Å². The van der Waals surface area contributed by atoms with Gasteiger partial charge in [-0.25, -0.2) is 15.0 Å². The second kappa shape index (κ2) is 12.9. The minimum Gasteiger partial charge on any atom is -0.308 e. The zero-order chi connectivity index (χ0) is 39.3. The summed E-state index contributed by atoms with van der Waals surface area (Å²) in [5, 5.41) is 7.46. The molecule has 0 saturated carbocycles. The van der Waals surface area contributed by atoms with Gasteiger partial charge in [0.2, 0.25) is 0 Å². The predicted octanol–water partition coefficient (Wildman–Crippen LogP) is 14.8. The number of aromatic nitrogens is 4. The lowest BCUT2D eigenvalue weighted by Crippen LogP contribution is -2.04. The minimum absolute atomic E-state index is 0.626. The Morgan fingerprint density at radius 3 is 1.75 bits per heavy atom. The second-order valence-corrected chi connectivity index (χ2v) is 16.6. The molecule has 60 heavy (non-hydrogen) atoms. The third kappa shape index (κ3) is 4.93. The van der Waals surface area contributed by atoms with E-state index in [0.29, 0.717) is 17.5 Å². The Labute approximate surface area is 349 Å². The zero-order valence-corrected chi connectivity index (χ0v) is 33.0. The Balaban J connectivity index is 1.15. The first kappa shape index (κ1) is 33.3. The van der Waals surface area contributed by atoms with Crippen molar-refractivity contribution in [3.05, 3.63) is 194 Å². The lowest BCUT2D eigenvalue weighted by atomic mass is 9.93. The lowest BCUT2D eigenvalue weighted by Gasteiger charge is -2.17. The molecule has 0 N–H and O–H groups in total. The van der Waals surface area contributed by atoms with Crippen molar-refractivity contribution in [1.29, 1.82) is 0 Å². The van der Waals surface area contributed by atoms with E-state index in [1.165, 1.54) is 64.0 Å². The summed E-state index contributed by atoms with van der Waals surface area (Å²) in [4.78, 5) is 16.0. The number of fused-ring (bicyclic) bond motifs is 6. The largest absolute Gasteiger partial charge is 0.308 e. The first-order valence-electron chi connectivity index (χ1n) is 20.3. The molecule has 0 amide bonds. The van der Waals surface area contributed by atoms with Crippen LogP contribution in [0.5, 0.6) is 0 Å². The average molecular weight is 781 g/mol. The van der Waals surface area contributed by atoms with Crippen molar-refractivity contribution in [3.63, 3.8) is 0 Å². The molecule has 0 unspecified atom stereocenters. The van der Waals surface area contributed by atoms with Crippen LogP contribution in [0.15, 0.2) is 194 Å². The van der Waals surface area contributed by atoms with E-state index in [4.69, 9.17) is 15.0 Å². The predicted molar refractivity (Wildman–Crippen MR) is 251 cm³/mol. The molecule has 0 atom stereocenters. The van der Waals surface area contributed by atoms with Crippen LogP contribution >= 0.6 is 11.3 Å². The van der Waals surface area contributed by atoms with E-state index in [0.717, 1.165) is 44.5 Å². The Kier molecular flexibility index (Phi) is 7.14. The van der Waals surface area contributed by atoms with Gasteiger partial charge in [-0.2, -0.15) is 0 Å². The molecule has 12 aromatic rings. The standard InChI is InChI=1S/C55H32N4S/c1-3-14-33(15-4-1)36-19-11-20-37(30-36)54-56-53(35-16-5-2-6-17-35)57-55(58-54)44-31-43-40-23-9-10-27-48(40)60-49(43)32-47(44)59-45-26-13-25-42-39-22-8-7-21-38(39)41-24-12-18-34-28-29-46(59)52(50(34)41)51(42)45/h1-32H. The number of hydrogen-bond acceptors (Lipinski definition) is 4. The van der Waals surface area contributed by atoms with E-state index in [-0.39, 0.29) is 0 Å². The molecule has 0 spiro atoms. The summed E-state index contributed by atoms with van der Waals surface area (Å²) in [6.45, 7) is 0. The molecule has 13 rings (SSSR count). The first-order valence-corrected chi connectivity index (χ1v) is 21.1. The van der Waals surface area contributed by atoms with E-state index >= 15 is 0 Å². The highest BCUT2D eigenvalue weighted by atomic mass is 32.1. The topological polar surface area (TPSA) is 43.6 Å². The van der Waals surface area contributed by atoms with Gasteiger partial charge in [-0.3, -0.25) is 0 Å². The van der Waals surface area contributed by atoms with Crippen LogP contribution in [-0.4, -0.2) is 19.5 Å². The van der Waals surface area contributed by atoms with Crippen molar-refractivity contribution < 1.29 is 0 Å². The van der Waals surface area contributed by atoms with Crippen LogP contribution in [0.4, 0.5) is 0 Å². The normalized spacial score (nSPS) is 12.0. The van der Waals surface area contributed by atoms with Crippen LogP contribution in [0.3, 0.4) is 0 Å². The summed E-state index contributed by atoms with van der Waals surface area (Å²) < 4.78 is 4.94. The first-order chi connectivity index (χ1) is 29.7. The molecule has 3 aromatic heterocycles. The van der Waals surface area contributed by atoms with E-state index < -0.39 is 0 Å². The summed E-state index contributed by atoms with van der Waals surface area (Å²) in [6.07, 6.45) is 0. The molecule has 0 aliphatic heterocycles. The maximum absolute atomic E-state index is 5.43. The van der Waals surface area contributed by atoms with Crippen molar-refractivity contribution in [3.8, 4) is 73.2 Å². The highest BCUT2D eigenvalue weighted by Gasteiger charge is 2.27. The molecular weight excluding hydrogens is 749 g/mol. The molecule has 4 nitrogen and oxygen atoms in total. The summed E-state index contributed by atoms with van der Waals surface area (Å²) in [5.74, 6) is 1.89. The van der Waals surface area contributed by atoms with Gasteiger partial charge in [0.1, 0.15) is 0 Å². The van der Waals surface area contributed by atoms with Gasteiger partial charge in [-0.1, -0.05) is 158 Å². The Hall–Kier alpha value is -7.73. The SMILES string of the molecule is c1ccc(-c2cccc(-c3nc(-c4ccccc4)nc(-c4cc5c(cc4-n4c6cccc7c6c6c8c(cccc8ccc64)-c4ccccc4-7)sc4ccccc45)n3)c2)cc1. The summed E-state index contributed by atoms with van der Waals surface area (Å²) in [6, 6.07) is 69.6. The Morgan fingerprint density at radius 2 is 0.933 bits per heavy atom. The molecule has 1 aliphatic rings. The average Bonchev–Trinajstić information content (AvgIpc) is 3.82. The molecule has 5 heteroatoms. The Bertz CT molecular complexity index is 3710. The highest BCUT2D eigenvalue weighted by molar-refractivity contribution is 7.25. The van der Waals surface area contributed by atoms with Crippen LogP contribution in [0.1, 0.15) is 0 Å². The van der Waals surface area contributed by atoms with Crippen LogP contribution in [0.25, 0.3) is 126 Å². The van der Waals surface area contributed by atoms with Crippen molar-refractivity contribution in [2.75, 3.05) is 0 Å². The maximum atomic E-state index is 5.43. The van der Waals surface area contributed by atoms with Crippen molar-refractivity contribution in [2.24, 2.45) is 0 Å². The highest BCUT2D eigenvalue weighted by Crippen LogP contribution is 2.51. The third-order valence-corrected chi connectivity index (χ3v) is 13.3. The molecule has 0 fully saturated rings. The summed E-state index contributed by atoms with van der Waals surface area (Å²) in [5.41, 5.74) is 13.4. The molecule has 0 bridgehead atoms.